The van der Waals surface area contributed by atoms with E-state index in [0.29, 0.717) is 12.0 Å². The Balaban J connectivity index is 2.19. The number of carbonyl (C=O) groups excluding carboxylic acids is 2. The summed E-state index contributed by atoms with van der Waals surface area (Å²) in [5.74, 6) is -0.0318. The van der Waals surface area contributed by atoms with Crippen LogP contribution >= 0.6 is 0 Å². The van der Waals surface area contributed by atoms with Crippen LogP contribution in [-0.2, 0) is 4.79 Å². The molecule has 4 nitrogen and oxygen atoms in total. The summed E-state index contributed by atoms with van der Waals surface area (Å²) in [7, 11) is 1.74. The van der Waals surface area contributed by atoms with Crippen LogP contribution in [0.15, 0.2) is 54.6 Å². The van der Waals surface area contributed by atoms with Gasteiger partial charge < -0.3 is 10.2 Å². The third-order valence-electron chi connectivity index (χ3n) is 4.17. The molecule has 1 N–H and O–H groups in total. The van der Waals surface area contributed by atoms with Gasteiger partial charge in [0.2, 0.25) is 5.91 Å². The van der Waals surface area contributed by atoms with E-state index in [-0.39, 0.29) is 17.7 Å². The zero-order valence-electron chi connectivity index (χ0n) is 15.3. The molecule has 0 radical (unpaired) electrons. The Labute approximate surface area is 149 Å². The first-order valence-corrected chi connectivity index (χ1v) is 8.59. The number of benzene rings is 2. The lowest BCUT2D eigenvalue weighted by molar-refractivity contribution is -0.120. The maximum Gasteiger partial charge on any atom is 0.252 e. The Morgan fingerprint density at radius 1 is 1.00 bits per heavy atom. The van der Waals surface area contributed by atoms with Crippen LogP contribution in [-0.4, -0.2) is 24.9 Å². The van der Waals surface area contributed by atoms with Gasteiger partial charge in [-0.1, -0.05) is 50.2 Å². The fourth-order valence-corrected chi connectivity index (χ4v) is 2.77. The molecule has 0 bridgehead atoms. The highest BCUT2D eigenvalue weighted by atomic mass is 16.2. The molecule has 1 unspecified atom stereocenters. The molecule has 0 saturated heterocycles. The van der Waals surface area contributed by atoms with Gasteiger partial charge >= 0.3 is 0 Å². The summed E-state index contributed by atoms with van der Waals surface area (Å²) in [5, 5.41) is 2.93. The Bertz CT molecular complexity index is 726. The lowest BCUT2D eigenvalue weighted by Gasteiger charge is -2.26. The number of rotatable bonds is 6. The number of aryl methyl sites for hydroxylation is 1. The number of nitrogens with zero attached hydrogens (tertiary/aromatic N) is 1. The summed E-state index contributed by atoms with van der Waals surface area (Å²) in [6.45, 7) is 5.98. The molecule has 2 aromatic rings. The van der Waals surface area contributed by atoms with Crippen molar-refractivity contribution in [2.24, 2.45) is 5.92 Å². The fourth-order valence-electron chi connectivity index (χ4n) is 2.77. The van der Waals surface area contributed by atoms with E-state index in [2.05, 4.69) is 5.32 Å². The van der Waals surface area contributed by atoms with Crippen LogP contribution in [0, 0.1) is 12.8 Å². The minimum atomic E-state index is -0.558. The van der Waals surface area contributed by atoms with E-state index in [0.717, 1.165) is 11.3 Å². The first kappa shape index (κ1) is 18.7. The van der Waals surface area contributed by atoms with Crippen LogP contribution in [0.1, 0.15) is 36.2 Å². The summed E-state index contributed by atoms with van der Waals surface area (Å²) >= 11 is 0. The number of amides is 2. The third-order valence-corrected chi connectivity index (χ3v) is 4.17. The lowest BCUT2D eigenvalue weighted by Crippen LogP contribution is -2.48. The molecule has 132 valence electrons. The predicted molar refractivity (Wildman–Crippen MR) is 102 cm³/mol. The van der Waals surface area contributed by atoms with Crippen LogP contribution in [0.2, 0.25) is 0 Å². The normalized spacial score (nSPS) is 11.9. The summed E-state index contributed by atoms with van der Waals surface area (Å²) in [6, 6.07) is 16.3. The fraction of sp³-hybridized carbons (Fsp3) is 0.333. The minimum absolute atomic E-state index is 0.109. The molecule has 0 aliphatic rings. The molecule has 4 heteroatoms. The zero-order chi connectivity index (χ0) is 18.4. The zero-order valence-corrected chi connectivity index (χ0v) is 15.3. The van der Waals surface area contributed by atoms with Crippen molar-refractivity contribution < 1.29 is 9.59 Å². The number of para-hydroxylation sites is 1. The maximum absolute atomic E-state index is 12.9. The molecule has 25 heavy (non-hydrogen) atoms. The van der Waals surface area contributed by atoms with E-state index in [4.69, 9.17) is 0 Å². The molecule has 2 amide bonds. The number of hydrogen-bond acceptors (Lipinski definition) is 2. The van der Waals surface area contributed by atoms with Crippen molar-refractivity contribution in [3.05, 3.63) is 65.7 Å². The minimum Gasteiger partial charge on any atom is -0.340 e. The Morgan fingerprint density at radius 3 is 2.20 bits per heavy atom. The lowest BCUT2D eigenvalue weighted by atomic mass is 10.0. The van der Waals surface area contributed by atoms with E-state index in [9.17, 15) is 9.59 Å². The monoisotopic (exact) mass is 338 g/mol. The van der Waals surface area contributed by atoms with Crippen molar-refractivity contribution in [3.8, 4) is 0 Å². The molecule has 0 saturated carbocycles. The highest BCUT2D eigenvalue weighted by Gasteiger charge is 2.26. The summed E-state index contributed by atoms with van der Waals surface area (Å²) in [6.07, 6.45) is 0.591. The highest BCUT2D eigenvalue weighted by molar-refractivity contribution is 6.02. The van der Waals surface area contributed by atoms with Gasteiger partial charge in [-0.2, -0.15) is 0 Å². The Kier molecular flexibility index (Phi) is 6.34. The van der Waals surface area contributed by atoms with Crippen molar-refractivity contribution in [2.45, 2.75) is 33.2 Å². The van der Waals surface area contributed by atoms with Crippen LogP contribution in [0.5, 0.6) is 0 Å². The van der Waals surface area contributed by atoms with Crippen molar-refractivity contribution in [3.63, 3.8) is 0 Å². The van der Waals surface area contributed by atoms with Crippen LogP contribution in [0.4, 0.5) is 5.69 Å². The van der Waals surface area contributed by atoms with Crippen molar-refractivity contribution in [2.75, 3.05) is 11.9 Å². The second-order valence-electron chi connectivity index (χ2n) is 6.70. The molecule has 0 aliphatic carbocycles. The summed E-state index contributed by atoms with van der Waals surface area (Å²) < 4.78 is 0. The first-order chi connectivity index (χ1) is 11.9. The van der Waals surface area contributed by atoms with Gasteiger partial charge in [0.05, 0.1) is 0 Å². The molecule has 0 heterocycles. The smallest absolute Gasteiger partial charge is 0.252 e. The van der Waals surface area contributed by atoms with E-state index in [1.165, 1.54) is 0 Å². The van der Waals surface area contributed by atoms with E-state index >= 15 is 0 Å². The Hall–Kier alpha value is -2.62. The number of hydrogen-bond donors (Lipinski definition) is 1. The van der Waals surface area contributed by atoms with Gasteiger partial charge in [0.15, 0.2) is 0 Å². The molecule has 2 rings (SSSR count). The second kappa shape index (κ2) is 8.47. The Morgan fingerprint density at radius 2 is 1.60 bits per heavy atom. The average molecular weight is 338 g/mol. The standard InChI is InChI=1S/C21H26N2O2/c1-15(2)14-19(21(25)23(4)17-11-6-5-7-12-17)22-20(24)18-13-9-8-10-16(18)3/h5-13,15,19H,14H2,1-4H3,(H,22,24). The van der Waals surface area contributed by atoms with Gasteiger partial charge in [-0.25, -0.2) is 0 Å². The largest absolute Gasteiger partial charge is 0.340 e. The molecule has 0 fully saturated rings. The van der Waals surface area contributed by atoms with Gasteiger partial charge in [-0.3, -0.25) is 9.59 Å². The van der Waals surface area contributed by atoms with Crippen LogP contribution < -0.4 is 10.2 Å². The maximum atomic E-state index is 12.9. The van der Waals surface area contributed by atoms with Crippen LogP contribution in [0.25, 0.3) is 0 Å². The SMILES string of the molecule is Cc1ccccc1C(=O)NC(CC(C)C)C(=O)N(C)c1ccccc1. The molecule has 0 aliphatic heterocycles. The van der Waals surface area contributed by atoms with Gasteiger partial charge in [-0.05, 0) is 43.0 Å². The van der Waals surface area contributed by atoms with Gasteiger partial charge in [-0.15, -0.1) is 0 Å². The highest BCUT2D eigenvalue weighted by Crippen LogP contribution is 2.16. The molecular formula is C21H26N2O2. The number of anilines is 1. The number of carbonyl (C=O) groups is 2. The topological polar surface area (TPSA) is 49.4 Å². The quantitative estimate of drug-likeness (QED) is 0.871. The van der Waals surface area contributed by atoms with Gasteiger partial charge in [0.1, 0.15) is 6.04 Å². The third kappa shape index (κ3) is 4.92. The van der Waals surface area contributed by atoms with Crippen molar-refractivity contribution in [1.82, 2.24) is 5.32 Å². The number of likely N-dealkylation sites (N-methyl/N-ethyl adjacent to an activating group) is 1. The summed E-state index contributed by atoms with van der Waals surface area (Å²) in [4.78, 5) is 27.2. The van der Waals surface area contributed by atoms with Gasteiger partial charge in [0.25, 0.3) is 5.91 Å². The summed E-state index contributed by atoms with van der Waals surface area (Å²) in [5.41, 5.74) is 2.31. The molecule has 0 spiro atoms. The van der Waals surface area contributed by atoms with Crippen LogP contribution in [0.3, 0.4) is 0 Å². The number of nitrogens with one attached hydrogen (secondary N) is 1. The molecular weight excluding hydrogens is 312 g/mol. The van der Waals surface area contributed by atoms with Gasteiger partial charge in [0, 0.05) is 18.3 Å². The van der Waals surface area contributed by atoms with E-state index in [1.807, 2.05) is 69.3 Å². The van der Waals surface area contributed by atoms with Crippen molar-refractivity contribution in [1.29, 1.82) is 0 Å². The molecule has 2 aromatic carbocycles. The first-order valence-electron chi connectivity index (χ1n) is 8.59. The van der Waals surface area contributed by atoms with Crippen molar-refractivity contribution >= 4 is 17.5 Å². The predicted octanol–water partition coefficient (Wildman–Crippen LogP) is 3.80. The molecule has 0 aromatic heterocycles. The molecule has 1 atom stereocenters. The average Bonchev–Trinajstić information content (AvgIpc) is 2.60. The van der Waals surface area contributed by atoms with E-state index in [1.54, 1.807) is 18.0 Å². The van der Waals surface area contributed by atoms with E-state index < -0.39 is 6.04 Å². The second-order valence-corrected chi connectivity index (χ2v) is 6.70.